The molecule has 2 atom stereocenters. The molecule has 8 heteroatoms. The second-order valence-electron chi connectivity index (χ2n) is 5.05. The lowest BCUT2D eigenvalue weighted by Crippen LogP contribution is -2.41. The van der Waals surface area contributed by atoms with Crippen LogP contribution < -0.4 is 15.4 Å². The molecular formula is C14H17F3N2O3. The molecule has 0 saturated carbocycles. The maximum absolute atomic E-state index is 12.3. The summed E-state index contributed by atoms with van der Waals surface area (Å²) in [6.45, 7) is 0.547. The zero-order chi connectivity index (χ0) is 16.2. The van der Waals surface area contributed by atoms with Crippen LogP contribution in [0.1, 0.15) is 12.0 Å². The maximum atomic E-state index is 12.3. The van der Waals surface area contributed by atoms with E-state index in [0.29, 0.717) is 18.5 Å². The smallest absolute Gasteiger partial charge is 0.406 e. The molecular weight excluding hydrogens is 301 g/mol. The van der Waals surface area contributed by atoms with Crippen LogP contribution in [0.25, 0.3) is 0 Å². The Labute approximate surface area is 125 Å². The van der Waals surface area contributed by atoms with Gasteiger partial charge in [-0.3, -0.25) is 4.79 Å². The quantitative estimate of drug-likeness (QED) is 0.756. The van der Waals surface area contributed by atoms with Crippen LogP contribution in [0.4, 0.5) is 13.2 Å². The van der Waals surface area contributed by atoms with Crippen LogP contribution >= 0.6 is 0 Å². The number of benzene rings is 1. The predicted octanol–water partition coefficient (Wildman–Crippen LogP) is 0.967. The van der Waals surface area contributed by atoms with Crippen molar-refractivity contribution >= 4 is 5.91 Å². The Morgan fingerprint density at radius 1 is 1.41 bits per heavy atom. The molecule has 1 aliphatic rings. The Morgan fingerprint density at radius 3 is 2.77 bits per heavy atom. The predicted molar refractivity (Wildman–Crippen MR) is 72.3 cm³/mol. The Balaban J connectivity index is 1.85. The Hall–Kier alpha value is -1.80. The van der Waals surface area contributed by atoms with Crippen molar-refractivity contribution in [3.63, 3.8) is 0 Å². The fraction of sp³-hybridized carbons (Fsp3) is 0.500. The normalized spacial score (nSPS) is 21.6. The van der Waals surface area contributed by atoms with E-state index in [0.717, 1.165) is 0 Å². The molecule has 2 rings (SSSR count). The van der Waals surface area contributed by atoms with Crippen molar-refractivity contribution in [3.8, 4) is 5.75 Å². The topological polar surface area (TPSA) is 70.6 Å². The number of hydrogen-bond donors (Lipinski definition) is 3. The van der Waals surface area contributed by atoms with Crippen LogP contribution in [0, 0.1) is 0 Å². The summed E-state index contributed by atoms with van der Waals surface area (Å²) in [7, 11) is 0. The van der Waals surface area contributed by atoms with Crippen molar-refractivity contribution in [3.05, 3.63) is 29.8 Å². The number of aliphatic hydroxyl groups excluding tert-OH is 1. The fourth-order valence-corrected chi connectivity index (χ4v) is 2.29. The van der Waals surface area contributed by atoms with Crippen molar-refractivity contribution in [1.82, 2.24) is 10.6 Å². The molecule has 1 aliphatic heterocycles. The minimum absolute atomic E-state index is 0.186. The van der Waals surface area contributed by atoms with Gasteiger partial charge in [-0.2, -0.15) is 0 Å². The van der Waals surface area contributed by atoms with Crippen LogP contribution in [0.15, 0.2) is 24.3 Å². The maximum Gasteiger partial charge on any atom is 0.573 e. The Morgan fingerprint density at radius 2 is 2.14 bits per heavy atom. The van der Waals surface area contributed by atoms with Crippen molar-refractivity contribution in [1.29, 1.82) is 0 Å². The van der Waals surface area contributed by atoms with E-state index in [1.165, 1.54) is 18.2 Å². The average Bonchev–Trinajstić information content (AvgIpc) is 2.86. The number of carbonyl (C=O) groups is 1. The molecule has 1 aromatic carbocycles. The number of amides is 1. The number of ether oxygens (including phenoxy) is 1. The van der Waals surface area contributed by atoms with E-state index in [-0.39, 0.29) is 24.6 Å². The molecule has 22 heavy (non-hydrogen) atoms. The summed E-state index contributed by atoms with van der Waals surface area (Å²) in [5.41, 5.74) is 0.361. The van der Waals surface area contributed by atoms with E-state index in [1.807, 2.05) is 0 Å². The summed E-state index contributed by atoms with van der Waals surface area (Å²) in [5.74, 6) is -0.538. The second-order valence-corrected chi connectivity index (χ2v) is 5.05. The number of rotatable bonds is 5. The number of alkyl halides is 3. The van der Waals surface area contributed by atoms with Crippen LogP contribution in [-0.4, -0.2) is 42.6 Å². The number of hydrogen-bond acceptors (Lipinski definition) is 4. The zero-order valence-corrected chi connectivity index (χ0v) is 11.7. The molecule has 1 amide bonds. The molecule has 122 valence electrons. The molecule has 0 spiro atoms. The van der Waals surface area contributed by atoms with Crippen LogP contribution in [0.2, 0.25) is 0 Å². The SMILES string of the molecule is O=C(NCCc1ccccc1OC(F)(F)F)C1CC(O)CN1. The second kappa shape index (κ2) is 6.97. The first-order valence-electron chi connectivity index (χ1n) is 6.88. The molecule has 2 unspecified atom stereocenters. The molecule has 0 bridgehead atoms. The molecule has 0 aliphatic carbocycles. The van der Waals surface area contributed by atoms with Gasteiger partial charge in [0.1, 0.15) is 5.75 Å². The highest BCUT2D eigenvalue weighted by Crippen LogP contribution is 2.26. The van der Waals surface area contributed by atoms with E-state index in [2.05, 4.69) is 15.4 Å². The molecule has 0 aromatic heterocycles. The third kappa shape index (κ3) is 4.88. The van der Waals surface area contributed by atoms with E-state index in [1.54, 1.807) is 6.07 Å². The molecule has 1 heterocycles. The molecule has 1 saturated heterocycles. The highest BCUT2D eigenvalue weighted by Gasteiger charge is 2.32. The van der Waals surface area contributed by atoms with Crippen LogP contribution in [0.5, 0.6) is 5.75 Å². The number of nitrogens with one attached hydrogen (secondary N) is 2. The van der Waals surface area contributed by atoms with Gasteiger partial charge in [-0.25, -0.2) is 0 Å². The van der Waals surface area contributed by atoms with Gasteiger partial charge in [0.25, 0.3) is 0 Å². The first kappa shape index (κ1) is 16.6. The number of carbonyl (C=O) groups excluding carboxylic acids is 1. The van der Waals surface area contributed by atoms with Gasteiger partial charge in [0, 0.05) is 13.1 Å². The first-order valence-corrected chi connectivity index (χ1v) is 6.88. The van der Waals surface area contributed by atoms with Gasteiger partial charge in [0.15, 0.2) is 0 Å². The van der Waals surface area contributed by atoms with Gasteiger partial charge < -0.3 is 20.5 Å². The molecule has 0 radical (unpaired) electrons. The van der Waals surface area contributed by atoms with Gasteiger partial charge in [0.2, 0.25) is 5.91 Å². The lowest BCUT2D eigenvalue weighted by Gasteiger charge is -2.14. The van der Waals surface area contributed by atoms with Crippen molar-refractivity contribution in [2.75, 3.05) is 13.1 Å². The minimum Gasteiger partial charge on any atom is -0.406 e. The zero-order valence-electron chi connectivity index (χ0n) is 11.7. The van der Waals surface area contributed by atoms with E-state index < -0.39 is 18.5 Å². The summed E-state index contributed by atoms with van der Waals surface area (Å²) in [6.07, 6.45) is -4.74. The number of para-hydroxylation sites is 1. The summed E-state index contributed by atoms with van der Waals surface area (Å²) in [5, 5.41) is 14.8. The van der Waals surface area contributed by atoms with Gasteiger partial charge in [-0.05, 0) is 24.5 Å². The number of β-amino-alcohol motifs (C(OH)–C–C–N with tert-alkyl or cyclic N) is 1. The average molecular weight is 318 g/mol. The third-order valence-corrected chi connectivity index (χ3v) is 3.32. The molecule has 1 aromatic rings. The van der Waals surface area contributed by atoms with Gasteiger partial charge in [0.05, 0.1) is 12.1 Å². The van der Waals surface area contributed by atoms with Crippen LogP contribution in [-0.2, 0) is 11.2 Å². The van der Waals surface area contributed by atoms with E-state index >= 15 is 0 Å². The van der Waals surface area contributed by atoms with E-state index in [9.17, 15) is 23.1 Å². The summed E-state index contributed by atoms with van der Waals surface area (Å²) < 4.78 is 40.8. The molecule has 5 nitrogen and oxygen atoms in total. The minimum atomic E-state index is -4.75. The summed E-state index contributed by atoms with van der Waals surface area (Å²) >= 11 is 0. The lowest BCUT2D eigenvalue weighted by atomic mass is 10.1. The highest BCUT2D eigenvalue weighted by molar-refractivity contribution is 5.82. The largest absolute Gasteiger partial charge is 0.573 e. The van der Waals surface area contributed by atoms with Crippen LogP contribution in [0.3, 0.4) is 0 Å². The number of aliphatic hydroxyl groups is 1. The molecule has 1 fully saturated rings. The van der Waals surface area contributed by atoms with Gasteiger partial charge in [-0.1, -0.05) is 18.2 Å². The van der Waals surface area contributed by atoms with E-state index in [4.69, 9.17) is 0 Å². The lowest BCUT2D eigenvalue weighted by molar-refractivity contribution is -0.274. The standard InChI is InChI=1S/C14H17F3N2O3/c15-14(16,17)22-12-4-2-1-3-9(12)5-6-18-13(21)11-7-10(20)8-19-11/h1-4,10-11,19-20H,5-8H2,(H,18,21). The molecule has 3 N–H and O–H groups in total. The Bertz CT molecular complexity index is 522. The summed E-state index contributed by atoms with van der Waals surface area (Å²) in [6, 6.07) is 5.35. The van der Waals surface area contributed by atoms with Crippen molar-refractivity contribution < 1.29 is 27.8 Å². The first-order chi connectivity index (χ1) is 10.3. The number of halogens is 3. The summed E-state index contributed by atoms with van der Waals surface area (Å²) in [4.78, 5) is 11.8. The fourth-order valence-electron chi connectivity index (χ4n) is 2.29. The Kier molecular flexibility index (Phi) is 5.25. The third-order valence-electron chi connectivity index (χ3n) is 3.32. The van der Waals surface area contributed by atoms with Crippen molar-refractivity contribution in [2.45, 2.75) is 31.3 Å². The highest BCUT2D eigenvalue weighted by atomic mass is 19.4. The monoisotopic (exact) mass is 318 g/mol. The van der Waals surface area contributed by atoms with Gasteiger partial charge >= 0.3 is 6.36 Å². The van der Waals surface area contributed by atoms with Crippen molar-refractivity contribution in [2.24, 2.45) is 0 Å². The van der Waals surface area contributed by atoms with Gasteiger partial charge in [-0.15, -0.1) is 13.2 Å².